The van der Waals surface area contributed by atoms with Crippen LogP contribution in [0, 0.1) is 11.3 Å². The quantitative estimate of drug-likeness (QED) is 0.547. The summed E-state index contributed by atoms with van der Waals surface area (Å²) in [6.45, 7) is 8.04. The van der Waals surface area contributed by atoms with Crippen LogP contribution in [0.15, 0.2) is 18.5 Å². The van der Waals surface area contributed by atoms with E-state index in [1.807, 2.05) is 27.7 Å². The molecule has 0 aliphatic rings. The third-order valence-electron chi connectivity index (χ3n) is 4.58. The third kappa shape index (κ3) is 5.23. The predicted octanol–water partition coefficient (Wildman–Crippen LogP) is 1.80. The lowest BCUT2D eigenvalue weighted by Crippen LogP contribution is -2.56. The van der Waals surface area contributed by atoms with Gasteiger partial charge in [0.2, 0.25) is 0 Å². The first-order chi connectivity index (χ1) is 11.2. The molecule has 2 amide bonds. The highest BCUT2D eigenvalue weighted by atomic mass is 16.4. The monoisotopic (exact) mass is 340 g/mol. The second kappa shape index (κ2) is 8.68. The third-order valence-corrected chi connectivity index (χ3v) is 4.58. The molecule has 0 saturated heterocycles. The molecule has 136 valence electrons. The van der Waals surface area contributed by atoms with Crippen molar-refractivity contribution in [3.63, 3.8) is 0 Å². The van der Waals surface area contributed by atoms with Crippen LogP contribution in [-0.4, -0.2) is 44.2 Å². The van der Waals surface area contributed by atoms with Gasteiger partial charge in [0.05, 0.1) is 12.2 Å². The molecule has 0 saturated carbocycles. The van der Waals surface area contributed by atoms with Crippen molar-refractivity contribution >= 4 is 12.0 Å². The number of carbonyl (C=O) groups is 2. The van der Waals surface area contributed by atoms with Crippen molar-refractivity contribution < 1.29 is 19.8 Å². The van der Waals surface area contributed by atoms with Crippen LogP contribution in [0.25, 0.3) is 0 Å². The van der Waals surface area contributed by atoms with E-state index in [-0.39, 0.29) is 11.3 Å². The molecule has 1 unspecified atom stereocenters. The molecule has 0 aromatic carbocycles. The Balaban J connectivity index is 3.03. The largest absolute Gasteiger partial charge is 0.465 e. The fourth-order valence-corrected chi connectivity index (χ4v) is 2.85. The fraction of sp³-hybridized carbons (Fsp3) is 0.688. The molecule has 1 rings (SSSR count). The van der Waals surface area contributed by atoms with Crippen molar-refractivity contribution in [1.29, 1.82) is 0 Å². The second-order valence-corrected chi connectivity index (χ2v) is 6.58. The van der Waals surface area contributed by atoms with Gasteiger partial charge in [-0.25, -0.2) is 10.2 Å². The van der Waals surface area contributed by atoms with Gasteiger partial charge in [-0.2, -0.15) is 9.89 Å². The van der Waals surface area contributed by atoms with Gasteiger partial charge in [-0.1, -0.05) is 40.5 Å². The summed E-state index contributed by atoms with van der Waals surface area (Å²) in [5.41, 5.74) is 2.19. The summed E-state index contributed by atoms with van der Waals surface area (Å²) in [6, 6.07) is 0.715. The molecule has 24 heavy (non-hydrogen) atoms. The molecule has 1 aromatic heterocycles. The number of rotatable bonds is 9. The molecule has 0 aliphatic carbocycles. The first kappa shape index (κ1) is 20.0. The smallest absolute Gasteiger partial charge is 0.404 e. The lowest BCUT2D eigenvalue weighted by atomic mass is 9.69. The van der Waals surface area contributed by atoms with E-state index in [0.717, 1.165) is 12.8 Å². The standard InChI is InChI=1S/C16H28N4O4/c1-5-8-11(16(3,4)6-2)12(18-15(23)24)13(21)14(22)19-20-10-7-9-17-20/h7,9-13,18,21H,5-6,8H2,1-4H3,(H,19,22)(H,23,24)/t11?,12-,13+/m0/s1. The maximum atomic E-state index is 12.3. The van der Waals surface area contributed by atoms with Crippen molar-refractivity contribution in [3.8, 4) is 0 Å². The molecule has 0 bridgehead atoms. The molecule has 8 heteroatoms. The average Bonchev–Trinajstić information content (AvgIpc) is 3.02. The zero-order valence-electron chi connectivity index (χ0n) is 14.7. The Bertz CT molecular complexity index is 530. The van der Waals surface area contributed by atoms with E-state index in [9.17, 15) is 14.7 Å². The van der Waals surface area contributed by atoms with Crippen LogP contribution < -0.4 is 10.7 Å². The summed E-state index contributed by atoms with van der Waals surface area (Å²) in [5, 5.41) is 25.8. The summed E-state index contributed by atoms with van der Waals surface area (Å²) < 4.78 is 0. The van der Waals surface area contributed by atoms with Gasteiger partial charge < -0.3 is 15.5 Å². The van der Waals surface area contributed by atoms with Gasteiger partial charge in [0.15, 0.2) is 6.10 Å². The van der Waals surface area contributed by atoms with E-state index >= 15 is 0 Å². The van der Waals surface area contributed by atoms with Gasteiger partial charge in [-0.3, -0.25) is 4.79 Å². The minimum Gasteiger partial charge on any atom is -0.465 e. The zero-order chi connectivity index (χ0) is 18.3. The molecule has 0 fully saturated rings. The molecular formula is C16H28N4O4. The molecule has 0 radical (unpaired) electrons. The van der Waals surface area contributed by atoms with Crippen LogP contribution in [0.4, 0.5) is 4.79 Å². The molecule has 0 spiro atoms. The minimum absolute atomic E-state index is 0.193. The van der Waals surface area contributed by atoms with Crippen molar-refractivity contribution in [2.75, 3.05) is 5.43 Å². The Kier molecular flexibility index (Phi) is 7.21. The molecule has 3 atom stereocenters. The van der Waals surface area contributed by atoms with E-state index in [2.05, 4.69) is 15.8 Å². The zero-order valence-corrected chi connectivity index (χ0v) is 14.7. The first-order valence-electron chi connectivity index (χ1n) is 8.21. The second-order valence-electron chi connectivity index (χ2n) is 6.58. The predicted molar refractivity (Wildman–Crippen MR) is 90.0 cm³/mol. The molecule has 4 N–H and O–H groups in total. The number of hydrogen-bond acceptors (Lipinski definition) is 4. The molecule has 8 nitrogen and oxygen atoms in total. The number of aliphatic hydroxyl groups is 1. The first-order valence-corrected chi connectivity index (χ1v) is 8.21. The number of nitrogens with one attached hydrogen (secondary N) is 2. The number of nitrogens with zero attached hydrogens (tertiary/aromatic N) is 2. The molecule has 1 aromatic rings. The Hall–Kier alpha value is -2.09. The highest BCUT2D eigenvalue weighted by molar-refractivity contribution is 5.88. The summed E-state index contributed by atoms with van der Waals surface area (Å²) in [6.07, 6.45) is 2.52. The summed E-state index contributed by atoms with van der Waals surface area (Å²) in [4.78, 5) is 24.7. The van der Waals surface area contributed by atoms with E-state index in [1.54, 1.807) is 6.07 Å². The topological polar surface area (TPSA) is 116 Å². The van der Waals surface area contributed by atoms with Crippen LogP contribution >= 0.6 is 0 Å². The van der Waals surface area contributed by atoms with Crippen molar-refractivity contribution in [2.24, 2.45) is 11.3 Å². The fourth-order valence-electron chi connectivity index (χ4n) is 2.85. The number of amides is 2. The lowest BCUT2D eigenvalue weighted by molar-refractivity contribution is -0.128. The Morgan fingerprint density at radius 3 is 2.46 bits per heavy atom. The Morgan fingerprint density at radius 2 is 2.00 bits per heavy atom. The summed E-state index contributed by atoms with van der Waals surface area (Å²) in [5.74, 6) is -0.896. The molecule has 0 aliphatic heterocycles. The summed E-state index contributed by atoms with van der Waals surface area (Å²) in [7, 11) is 0. The van der Waals surface area contributed by atoms with Gasteiger partial charge in [0, 0.05) is 6.20 Å². The van der Waals surface area contributed by atoms with E-state index < -0.39 is 24.1 Å². The SMILES string of the molecule is CCCC([C@H](NC(=O)O)[C@@H](O)C(=O)Nn1cccn1)C(C)(C)CC. The van der Waals surface area contributed by atoms with Crippen LogP contribution in [0.5, 0.6) is 0 Å². The van der Waals surface area contributed by atoms with Crippen molar-refractivity contribution in [2.45, 2.75) is 59.1 Å². The van der Waals surface area contributed by atoms with Crippen LogP contribution in [0.2, 0.25) is 0 Å². The molecule has 1 heterocycles. The van der Waals surface area contributed by atoms with Crippen LogP contribution in [-0.2, 0) is 4.79 Å². The Labute approximate surface area is 142 Å². The number of carboxylic acid groups (broad SMARTS) is 1. The van der Waals surface area contributed by atoms with Gasteiger partial charge in [0.1, 0.15) is 0 Å². The van der Waals surface area contributed by atoms with Gasteiger partial charge in [-0.15, -0.1) is 0 Å². The van der Waals surface area contributed by atoms with Gasteiger partial charge >= 0.3 is 6.09 Å². The van der Waals surface area contributed by atoms with Crippen LogP contribution in [0.3, 0.4) is 0 Å². The van der Waals surface area contributed by atoms with Crippen molar-refractivity contribution in [1.82, 2.24) is 15.2 Å². The number of aromatic nitrogens is 2. The van der Waals surface area contributed by atoms with E-state index in [1.165, 1.54) is 17.2 Å². The van der Waals surface area contributed by atoms with Gasteiger partial charge in [0.25, 0.3) is 5.91 Å². The average molecular weight is 340 g/mol. The highest BCUT2D eigenvalue weighted by Gasteiger charge is 2.41. The normalized spacial score (nSPS) is 15.4. The minimum atomic E-state index is -1.52. The van der Waals surface area contributed by atoms with Gasteiger partial charge in [-0.05, 0) is 23.8 Å². The lowest BCUT2D eigenvalue weighted by Gasteiger charge is -2.40. The Morgan fingerprint density at radius 1 is 1.33 bits per heavy atom. The number of aliphatic hydroxyl groups excluding tert-OH is 1. The highest BCUT2D eigenvalue weighted by Crippen LogP contribution is 2.37. The summed E-state index contributed by atoms with van der Waals surface area (Å²) >= 11 is 0. The maximum Gasteiger partial charge on any atom is 0.404 e. The molecular weight excluding hydrogens is 312 g/mol. The van der Waals surface area contributed by atoms with Crippen molar-refractivity contribution in [3.05, 3.63) is 18.5 Å². The number of carbonyl (C=O) groups excluding carboxylic acids is 1. The maximum absolute atomic E-state index is 12.3. The van der Waals surface area contributed by atoms with E-state index in [4.69, 9.17) is 5.11 Å². The van der Waals surface area contributed by atoms with E-state index in [0.29, 0.717) is 6.42 Å². The van der Waals surface area contributed by atoms with Crippen LogP contribution in [0.1, 0.15) is 47.0 Å². The number of hydrogen-bond donors (Lipinski definition) is 4.